The van der Waals surface area contributed by atoms with E-state index in [1.807, 2.05) is 4.57 Å². The molecule has 0 atom stereocenters. The lowest BCUT2D eigenvalue weighted by Gasteiger charge is -2.29. The highest BCUT2D eigenvalue weighted by Gasteiger charge is 2.35. The molecule has 3 aromatic rings. The zero-order chi connectivity index (χ0) is 26.3. The summed E-state index contributed by atoms with van der Waals surface area (Å²) in [7, 11) is 0. The standard InChI is InChI=1S/C24H26BrCl2F2N7O/c25-13-9-16(26)19(17(27)10-13)34-23-33-18-11-31-22(32-14-5-7-24(28,29)8-6-14)35-21(18)36(23)15-3-1-12(2-4-15)20(30)37/h9-12,14-15H,1-8H2,(H2,30,37)(H,33,34)(H,31,32,35)/t12-,15+. The quantitative estimate of drug-likeness (QED) is 0.279. The van der Waals surface area contributed by atoms with E-state index in [1.54, 1.807) is 18.3 Å². The van der Waals surface area contributed by atoms with Crippen LogP contribution in [0.15, 0.2) is 22.8 Å². The number of benzene rings is 1. The van der Waals surface area contributed by atoms with E-state index in [0.717, 1.165) is 4.47 Å². The molecular weight excluding hydrogens is 591 g/mol. The predicted octanol–water partition coefficient (Wildman–Crippen LogP) is 6.85. The maximum absolute atomic E-state index is 13.6. The molecule has 1 aromatic carbocycles. The monoisotopic (exact) mass is 615 g/mol. The van der Waals surface area contributed by atoms with Crippen molar-refractivity contribution in [2.24, 2.45) is 11.7 Å². The van der Waals surface area contributed by atoms with Crippen LogP contribution in [0, 0.1) is 5.92 Å². The summed E-state index contributed by atoms with van der Waals surface area (Å²) in [5.41, 5.74) is 7.20. The Morgan fingerprint density at radius 2 is 1.73 bits per heavy atom. The van der Waals surface area contributed by atoms with Crippen molar-refractivity contribution in [3.8, 4) is 0 Å². The van der Waals surface area contributed by atoms with E-state index in [9.17, 15) is 13.6 Å². The Bertz CT molecular complexity index is 1300. The SMILES string of the molecule is NC(=O)[C@H]1CC[C@@H](n2c(Nc3c(Cl)cc(Br)cc3Cl)nc3cnc(NC4CCC(F)(F)CC4)nc32)CC1. The van der Waals surface area contributed by atoms with Crippen molar-refractivity contribution in [2.75, 3.05) is 10.6 Å². The van der Waals surface area contributed by atoms with Gasteiger partial charge in [-0.05, 0) is 50.7 Å². The van der Waals surface area contributed by atoms with E-state index in [-0.39, 0.29) is 36.8 Å². The second kappa shape index (κ2) is 10.5. The molecule has 0 bridgehead atoms. The van der Waals surface area contributed by atoms with Crippen LogP contribution in [0.2, 0.25) is 10.0 Å². The molecule has 13 heteroatoms. The minimum absolute atomic E-state index is 0.00720. The highest BCUT2D eigenvalue weighted by atomic mass is 79.9. The maximum atomic E-state index is 13.6. The third kappa shape index (κ3) is 5.78. The first-order valence-corrected chi connectivity index (χ1v) is 13.7. The van der Waals surface area contributed by atoms with Gasteiger partial charge in [0, 0.05) is 35.3 Å². The van der Waals surface area contributed by atoms with E-state index in [2.05, 4.69) is 31.5 Å². The molecule has 0 aliphatic heterocycles. The van der Waals surface area contributed by atoms with Gasteiger partial charge in [0.1, 0.15) is 5.52 Å². The Kier molecular flexibility index (Phi) is 7.48. The van der Waals surface area contributed by atoms with E-state index in [0.29, 0.717) is 77.3 Å². The lowest BCUT2D eigenvalue weighted by atomic mass is 9.85. The summed E-state index contributed by atoms with van der Waals surface area (Å²) < 4.78 is 29.9. The van der Waals surface area contributed by atoms with Gasteiger partial charge in [0.15, 0.2) is 5.65 Å². The van der Waals surface area contributed by atoms with E-state index >= 15 is 0 Å². The molecule has 2 aliphatic rings. The second-order valence-corrected chi connectivity index (χ2v) is 11.5. The van der Waals surface area contributed by atoms with Crippen molar-refractivity contribution in [3.63, 3.8) is 0 Å². The van der Waals surface area contributed by atoms with Gasteiger partial charge in [-0.3, -0.25) is 9.36 Å². The number of carbonyl (C=O) groups is 1. The molecular formula is C24H26BrCl2F2N7O. The van der Waals surface area contributed by atoms with E-state index < -0.39 is 5.92 Å². The van der Waals surface area contributed by atoms with Crippen LogP contribution in [-0.4, -0.2) is 37.4 Å². The molecule has 1 amide bonds. The van der Waals surface area contributed by atoms with Gasteiger partial charge in [-0.2, -0.15) is 4.98 Å². The fourth-order valence-corrected chi connectivity index (χ4v) is 6.46. The molecule has 0 unspecified atom stereocenters. The summed E-state index contributed by atoms with van der Waals surface area (Å²) in [6, 6.07) is 3.33. The van der Waals surface area contributed by atoms with Gasteiger partial charge in [-0.1, -0.05) is 39.1 Å². The smallest absolute Gasteiger partial charge is 0.248 e. The van der Waals surface area contributed by atoms with Crippen molar-refractivity contribution >= 4 is 73.8 Å². The number of rotatable bonds is 6. The summed E-state index contributed by atoms with van der Waals surface area (Å²) in [6.45, 7) is 0. The largest absolute Gasteiger partial charge is 0.369 e. The molecule has 2 saturated carbocycles. The molecule has 5 rings (SSSR count). The maximum Gasteiger partial charge on any atom is 0.248 e. The van der Waals surface area contributed by atoms with Crippen LogP contribution >= 0.6 is 39.1 Å². The van der Waals surface area contributed by atoms with Crippen molar-refractivity contribution in [3.05, 3.63) is 32.8 Å². The van der Waals surface area contributed by atoms with Crippen LogP contribution in [0.5, 0.6) is 0 Å². The lowest BCUT2D eigenvalue weighted by molar-refractivity contribution is -0.122. The highest BCUT2D eigenvalue weighted by molar-refractivity contribution is 9.10. The Morgan fingerprint density at radius 3 is 2.35 bits per heavy atom. The van der Waals surface area contributed by atoms with Crippen LogP contribution in [0.4, 0.5) is 26.4 Å². The molecule has 37 heavy (non-hydrogen) atoms. The Balaban J connectivity index is 1.49. The number of nitrogens with zero attached hydrogens (tertiary/aromatic N) is 4. The van der Waals surface area contributed by atoms with Gasteiger partial charge in [0.25, 0.3) is 0 Å². The minimum atomic E-state index is -2.61. The molecule has 2 aromatic heterocycles. The molecule has 8 nitrogen and oxygen atoms in total. The first-order chi connectivity index (χ1) is 17.6. The third-order valence-corrected chi connectivity index (χ3v) is 8.25. The number of nitrogens with one attached hydrogen (secondary N) is 2. The molecule has 198 valence electrons. The molecule has 4 N–H and O–H groups in total. The minimum Gasteiger partial charge on any atom is -0.369 e. The molecule has 0 radical (unpaired) electrons. The fraction of sp³-hybridized carbons (Fsp3) is 0.500. The number of fused-ring (bicyclic) bond motifs is 1. The molecule has 2 aliphatic carbocycles. The topological polar surface area (TPSA) is 111 Å². The third-order valence-electron chi connectivity index (χ3n) is 7.19. The van der Waals surface area contributed by atoms with E-state index in [4.69, 9.17) is 38.9 Å². The fourth-order valence-electron chi connectivity index (χ4n) is 5.15. The number of anilines is 3. The number of imidazole rings is 1. The number of aromatic nitrogens is 4. The van der Waals surface area contributed by atoms with Gasteiger partial charge < -0.3 is 16.4 Å². The Hall–Kier alpha value is -2.24. The molecule has 2 heterocycles. The van der Waals surface area contributed by atoms with Crippen LogP contribution in [0.25, 0.3) is 11.2 Å². The zero-order valence-electron chi connectivity index (χ0n) is 19.8. The summed E-state index contributed by atoms with van der Waals surface area (Å²) in [4.78, 5) is 25.6. The first-order valence-electron chi connectivity index (χ1n) is 12.2. The second-order valence-electron chi connectivity index (χ2n) is 9.76. The Morgan fingerprint density at radius 1 is 1.08 bits per heavy atom. The number of hydrogen-bond acceptors (Lipinski definition) is 6. The lowest BCUT2D eigenvalue weighted by Crippen LogP contribution is -2.32. The number of primary amides is 1. The van der Waals surface area contributed by atoms with Gasteiger partial charge in [-0.25, -0.2) is 18.7 Å². The summed E-state index contributed by atoms with van der Waals surface area (Å²) in [5, 5.41) is 7.32. The van der Waals surface area contributed by atoms with Crippen molar-refractivity contribution in [1.82, 2.24) is 19.5 Å². The summed E-state index contributed by atoms with van der Waals surface area (Å²) >= 11 is 16.3. The first kappa shape index (κ1) is 26.4. The van der Waals surface area contributed by atoms with Gasteiger partial charge in [0.05, 0.1) is 21.9 Å². The van der Waals surface area contributed by atoms with Gasteiger partial charge in [-0.15, -0.1) is 0 Å². The van der Waals surface area contributed by atoms with Crippen molar-refractivity contribution < 1.29 is 13.6 Å². The average molecular weight is 617 g/mol. The zero-order valence-corrected chi connectivity index (χ0v) is 22.9. The van der Waals surface area contributed by atoms with Crippen LogP contribution in [0.3, 0.4) is 0 Å². The van der Waals surface area contributed by atoms with Gasteiger partial charge >= 0.3 is 0 Å². The number of hydrogen-bond donors (Lipinski definition) is 3. The number of amides is 1. The molecule has 2 fully saturated rings. The van der Waals surface area contributed by atoms with Crippen LogP contribution in [-0.2, 0) is 4.79 Å². The van der Waals surface area contributed by atoms with E-state index in [1.165, 1.54) is 0 Å². The molecule has 0 spiro atoms. The number of carbonyl (C=O) groups excluding carboxylic acids is 1. The average Bonchev–Trinajstić information content (AvgIpc) is 3.20. The number of halogens is 5. The number of alkyl halides is 2. The predicted molar refractivity (Wildman–Crippen MR) is 144 cm³/mol. The van der Waals surface area contributed by atoms with Crippen molar-refractivity contribution in [2.45, 2.75) is 69.4 Å². The summed E-state index contributed by atoms with van der Waals surface area (Å²) in [6.07, 6.45) is 4.73. The van der Waals surface area contributed by atoms with Gasteiger partial charge in [0.2, 0.25) is 23.7 Å². The van der Waals surface area contributed by atoms with Crippen LogP contribution in [0.1, 0.15) is 57.4 Å². The Labute approximate surface area is 230 Å². The van der Waals surface area contributed by atoms with Crippen molar-refractivity contribution in [1.29, 1.82) is 0 Å². The van der Waals surface area contributed by atoms with Crippen LogP contribution < -0.4 is 16.4 Å². The highest BCUT2D eigenvalue weighted by Crippen LogP contribution is 2.40. The molecule has 0 saturated heterocycles. The normalized spacial score (nSPS) is 22.2. The number of nitrogens with two attached hydrogens (primary N) is 1. The summed E-state index contributed by atoms with van der Waals surface area (Å²) in [5.74, 6) is -2.20.